The summed E-state index contributed by atoms with van der Waals surface area (Å²) in [5.74, 6) is 0.791. The van der Waals surface area contributed by atoms with Crippen LogP contribution in [0.2, 0.25) is 0 Å². The summed E-state index contributed by atoms with van der Waals surface area (Å²) in [5, 5.41) is 12.7. The molecule has 0 radical (unpaired) electrons. The highest BCUT2D eigenvalue weighted by Gasteiger charge is 2.30. The fourth-order valence-electron chi connectivity index (χ4n) is 10.8. The standard InChI is InChI=1S/C69H73N3O/c1-66(2,3)54-40-50(39-51(41-54)60-42-49(35-36-70-60)47-30-32-53(33-31-47)69(10,11)52-25-16-13-17-26-52)56-27-20-28-62-63(56)71-65(58-43-55(67(4,5)6)44-59(64(58)73)68(7,8)9)72(62)61-34-29-46(37-45-21-18-19-22-45)38-57(61)48-23-14-12-15-24-48/h12-17,20,23-36,38-45,73H,18-19,21-22,37H2,1-11H3/i37D2. The summed E-state index contributed by atoms with van der Waals surface area (Å²) in [4.78, 5) is 10.7. The maximum absolute atomic E-state index is 12.7. The van der Waals surface area contributed by atoms with Crippen LogP contribution >= 0.6 is 0 Å². The quantitative estimate of drug-likeness (QED) is 0.149. The van der Waals surface area contributed by atoms with E-state index in [0.29, 0.717) is 17.0 Å². The molecule has 1 fully saturated rings. The van der Waals surface area contributed by atoms with Crippen LogP contribution in [0.4, 0.5) is 0 Å². The van der Waals surface area contributed by atoms with Gasteiger partial charge in [-0.05, 0) is 127 Å². The molecule has 10 rings (SSSR count). The van der Waals surface area contributed by atoms with Gasteiger partial charge in [-0.15, -0.1) is 0 Å². The van der Waals surface area contributed by atoms with Crippen molar-refractivity contribution in [1.82, 2.24) is 14.5 Å². The van der Waals surface area contributed by atoms with E-state index in [9.17, 15) is 7.85 Å². The second kappa shape index (κ2) is 19.1. The largest absolute Gasteiger partial charge is 0.507 e. The van der Waals surface area contributed by atoms with Crippen molar-refractivity contribution in [1.29, 1.82) is 0 Å². The van der Waals surface area contributed by atoms with Crippen LogP contribution in [0.25, 0.3) is 72.7 Å². The van der Waals surface area contributed by atoms with Crippen molar-refractivity contribution in [3.8, 4) is 67.5 Å². The van der Waals surface area contributed by atoms with Crippen LogP contribution in [-0.2, 0) is 28.0 Å². The SMILES string of the molecule is [2H]C([2H])(c1ccc(-n2c(-c3cc(C(C)(C)C)cc(C(C)(C)C)c3O)nc3c(-c4cc(-c5cc(-c6ccc(C(C)(C)c7ccccc7)cc6)ccn5)cc(C(C)(C)C)c4)cccc32)c(-c2ccccc2)c1)C1CCCC1. The van der Waals surface area contributed by atoms with E-state index in [1.165, 1.54) is 16.7 Å². The van der Waals surface area contributed by atoms with Gasteiger partial charge in [0, 0.05) is 36.6 Å². The molecule has 370 valence electrons. The molecule has 0 bridgehead atoms. The number of imidazole rings is 1. The zero-order valence-electron chi connectivity index (χ0n) is 46.9. The second-order valence-corrected chi connectivity index (χ2v) is 24.1. The molecule has 0 saturated heterocycles. The van der Waals surface area contributed by atoms with Gasteiger partial charge in [0.05, 0.1) is 28.0 Å². The van der Waals surface area contributed by atoms with E-state index < -0.39 is 6.37 Å². The summed E-state index contributed by atoms with van der Waals surface area (Å²) in [6, 6.07) is 58.0. The Morgan fingerprint density at radius 1 is 0.521 bits per heavy atom. The van der Waals surface area contributed by atoms with Crippen molar-refractivity contribution in [2.45, 2.75) is 130 Å². The van der Waals surface area contributed by atoms with Crippen molar-refractivity contribution in [3.63, 3.8) is 0 Å². The summed E-state index contributed by atoms with van der Waals surface area (Å²) in [7, 11) is 0. The van der Waals surface area contributed by atoms with Crippen LogP contribution in [0.5, 0.6) is 5.75 Å². The smallest absolute Gasteiger partial charge is 0.149 e. The lowest BCUT2D eigenvalue weighted by molar-refractivity contribution is 0.446. The molecule has 2 heterocycles. The van der Waals surface area contributed by atoms with Crippen LogP contribution < -0.4 is 0 Å². The van der Waals surface area contributed by atoms with E-state index in [1.807, 2.05) is 30.5 Å². The monoisotopic (exact) mass is 962 g/mol. The van der Waals surface area contributed by atoms with Crippen molar-refractivity contribution < 1.29 is 7.85 Å². The van der Waals surface area contributed by atoms with Crippen molar-refractivity contribution in [2.24, 2.45) is 5.92 Å². The van der Waals surface area contributed by atoms with Gasteiger partial charge in [-0.3, -0.25) is 9.55 Å². The Labute approximate surface area is 438 Å². The van der Waals surface area contributed by atoms with Gasteiger partial charge in [0.15, 0.2) is 0 Å². The van der Waals surface area contributed by atoms with Crippen molar-refractivity contribution in [2.75, 3.05) is 0 Å². The minimum absolute atomic E-state index is 0.0390. The van der Waals surface area contributed by atoms with Crippen molar-refractivity contribution in [3.05, 3.63) is 203 Å². The number of hydrogen-bond donors (Lipinski definition) is 1. The fraction of sp³-hybridized carbons (Fsp3) is 0.304. The summed E-state index contributed by atoms with van der Waals surface area (Å²) in [6.45, 7) is 24.4. The van der Waals surface area contributed by atoms with Gasteiger partial charge in [0.1, 0.15) is 11.6 Å². The number of phenolic OH excluding ortho intramolecular Hbond substituents is 1. The summed E-state index contributed by atoms with van der Waals surface area (Å²) in [5.41, 5.74) is 16.6. The molecule has 4 heteroatoms. The van der Waals surface area contributed by atoms with E-state index in [1.54, 1.807) is 0 Å². The Hall–Kier alpha value is -7.04. The number of rotatable bonds is 10. The van der Waals surface area contributed by atoms with Gasteiger partial charge in [0.2, 0.25) is 0 Å². The van der Waals surface area contributed by atoms with Gasteiger partial charge in [-0.1, -0.05) is 217 Å². The average molecular weight is 962 g/mol. The van der Waals surface area contributed by atoms with Gasteiger partial charge in [-0.25, -0.2) is 4.98 Å². The average Bonchev–Trinajstić information content (AvgIpc) is 4.09. The Kier molecular flexibility index (Phi) is 12.3. The first-order valence-electron chi connectivity index (χ1n) is 27.4. The molecule has 73 heavy (non-hydrogen) atoms. The molecule has 1 saturated carbocycles. The molecule has 1 aliphatic carbocycles. The predicted molar refractivity (Wildman–Crippen MR) is 308 cm³/mol. The van der Waals surface area contributed by atoms with Gasteiger partial charge >= 0.3 is 0 Å². The number of phenols is 1. The second-order valence-electron chi connectivity index (χ2n) is 24.1. The number of benzene rings is 7. The number of nitrogens with zero attached hydrogens (tertiary/aromatic N) is 3. The Balaban J connectivity index is 1.19. The van der Waals surface area contributed by atoms with Crippen LogP contribution in [0.15, 0.2) is 170 Å². The lowest BCUT2D eigenvalue weighted by Crippen LogP contribution is -2.18. The predicted octanol–water partition coefficient (Wildman–Crippen LogP) is 18.4. The minimum Gasteiger partial charge on any atom is -0.507 e. The van der Waals surface area contributed by atoms with E-state index in [-0.39, 0.29) is 33.3 Å². The number of aromatic nitrogens is 3. The molecule has 0 spiro atoms. The molecule has 1 N–H and O–H groups in total. The van der Waals surface area contributed by atoms with Crippen LogP contribution in [-0.4, -0.2) is 19.6 Å². The van der Waals surface area contributed by atoms with E-state index in [0.717, 1.165) is 98.2 Å². The third kappa shape index (κ3) is 9.94. The molecule has 0 unspecified atom stereocenters. The zero-order chi connectivity index (χ0) is 53.2. The molecule has 7 aromatic carbocycles. The lowest BCUT2D eigenvalue weighted by Gasteiger charge is -2.27. The number of aromatic hydroxyl groups is 1. The summed E-state index contributed by atoms with van der Waals surface area (Å²) < 4.78 is 21.3. The lowest BCUT2D eigenvalue weighted by atomic mass is 9.78. The number of fused-ring (bicyclic) bond motifs is 1. The maximum Gasteiger partial charge on any atom is 0.149 e. The van der Waals surface area contributed by atoms with Crippen LogP contribution in [0, 0.1) is 5.92 Å². The first kappa shape index (κ1) is 47.0. The molecule has 0 aliphatic heterocycles. The highest BCUT2D eigenvalue weighted by Crippen LogP contribution is 2.46. The van der Waals surface area contributed by atoms with E-state index >= 15 is 0 Å². The minimum atomic E-state index is -1.50. The molecule has 0 atom stereocenters. The molecule has 2 aromatic heterocycles. The Bertz CT molecular complexity index is 3540. The highest BCUT2D eigenvalue weighted by atomic mass is 16.3. The molecule has 4 nitrogen and oxygen atoms in total. The topological polar surface area (TPSA) is 50.9 Å². The summed E-state index contributed by atoms with van der Waals surface area (Å²) >= 11 is 0. The third-order valence-electron chi connectivity index (χ3n) is 15.4. The van der Waals surface area contributed by atoms with Gasteiger partial charge in [-0.2, -0.15) is 0 Å². The molecule has 1 aliphatic rings. The number of hydrogen-bond acceptors (Lipinski definition) is 3. The van der Waals surface area contributed by atoms with Crippen molar-refractivity contribution >= 4 is 11.0 Å². The fourth-order valence-corrected chi connectivity index (χ4v) is 10.8. The first-order chi connectivity index (χ1) is 35.5. The van der Waals surface area contributed by atoms with Gasteiger partial charge in [0.25, 0.3) is 0 Å². The Morgan fingerprint density at radius 3 is 1.84 bits per heavy atom. The molecular weight excluding hydrogens is 887 g/mol. The van der Waals surface area contributed by atoms with E-state index in [4.69, 9.17) is 9.97 Å². The Morgan fingerprint density at radius 2 is 1.16 bits per heavy atom. The number of para-hydroxylation sites is 1. The first-order valence-corrected chi connectivity index (χ1v) is 26.4. The van der Waals surface area contributed by atoms with Gasteiger partial charge < -0.3 is 5.11 Å². The normalized spacial score (nSPS) is 14.4. The third-order valence-corrected chi connectivity index (χ3v) is 15.4. The van der Waals surface area contributed by atoms with Crippen LogP contribution in [0.3, 0.4) is 0 Å². The maximum atomic E-state index is 12.7. The molecular formula is C69H73N3O. The summed E-state index contributed by atoms with van der Waals surface area (Å²) in [6.07, 6.45) is 4.30. The number of pyridine rings is 1. The highest BCUT2D eigenvalue weighted by molar-refractivity contribution is 5.98. The molecule has 0 amide bonds. The van der Waals surface area contributed by atoms with E-state index in [2.05, 4.69) is 220 Å². The molecule has 9 aromatic rings. The zero-order valence-corrected chi connectivity index (χ0v) is 44.9. The van der Waals surface area contributed by atoms with Crippen LogP contribution in [0.1, 0.15) is 138 Å².